The van der Waals surface area contributed by atoms with Crippen LogP contribution in [0, 0.1) is 11.3 Å². The van der Waals surface area contributed by atoms with Gasteiger partial charge in [-0.15, -0.1) is 13.2 Å². The summed E-state index contributed by atoms with van der Waals surface area (Å²) in [6, 6.07) is 3.32. The summed E-state index contributed by atoms with van der Waals surface area (Å²) >= 11 is 0. The first kappa shape index (κ1) is 15.8. The van der Waals surface area contributed by atoms with Gasteiger partial charge in [0.2, 0.25) is 0 Å². The van der Waals surface area contributed by atoms with Gasteiger partial charge in [-0.2, -0.15) is 5.26 Å². The fourth-order valence-corrected chi connectivity index (χ4v) is 1.52. The molecule has 0 bridgehead atoms. The second-order valence-electron chi connectivity index (χ2n) is 3.50. The molecule has 1 aromatic carbocycles. The van der Waals surface area contributed by atoms with Gasteiger partial charge in [0.1, 0.15) is 17.4 Å². The molecule has 20 heavy (non-hydrogen) atoms. The van der Waals surface area contributed by atoms with Crippen molar-refractivity contribution in [3.63, 3.8) is 0 Å². The van der Waals surface area contributed by atoms with E-state index in [-0.39, 0.29) is 17.7 Å². The number of aliphatic hydroxyl groups excluding tert-OH is 1. The zero-order chi connectivity index (χ0) is 15.3. The van der Waals surface area contributed by atoms with Crippen LogP contribution in [0.5, 0.6) is 5.75 Å². The first-order valence-electron chi connectivity index (χ1n) is 5.43. The Balaban J connectivity index is 3.34. The van der Waals surface area contributed by atoms with E-state index in [1.165, 1.54) is 6.07 Å². The van der Waals surface area contributed by atoms with E-state index >= 15 is 0 Å². The fraction of sp³-hybridized carbons (Fsp3) is 0.333. The molecule has 1 aromatic rings. The molecule has 0 aliphatic carbocycles. The summed E-state index contributed by atoms with van der Waals surface area (Å²) in [6.45, 7) is 0.793. The van der Waals surface area contributed by atoms with Crippen molar-refractivity contribution in [2.45, 2.75) is 19.9 Å². The number of hydrogen-bond acceptors (Lipinski definition) is 5. The van der Waals surface area contributed by atoms with Gasteiger partial charge in [-0.3, -0.25) is 0 Å². The van der Waals surface area contributed by atoms with E-state index < -0.39 is 30.3 Å². The minimum absolute atomic E-state index is 0.0480. The molecule has 0 aromatic heterocycles. The van der Waals surface area contributed by atoms with Crippen LogP contribution >= 0.6 is 0 Å². The fourth-order valence-electron chi connectivity index (χ4n) is 1.52. The van der Waals surface area contributed by atoms with Crippen LogP contribution in [-0.2, 0) is 11.3 Å². The molecule has 1 rings (SSSR count). The third kappa shape index (κ3) is 3.61. The van der Waals surface area contributed by atoms with Crippen molar-refractivity contribution in [2.24, 2.45) is 0 Å². The third-order valence-corrected chi connectivity index (χ3v) is 2.27. The molecule has 0 saturated carbocycles. The van der Waals surface area contributed by atoms with Gasteiger partial charge < -0.3 is 14.6 Å². The van der Waals surface area contributed by atoms with E-state index in [1.54, 1.807) is 6.92 Å². The number of nitrogens with zero attached hydrogens (tertiary/aromatic N) is 1. The normalized spacial score (nSPS) is 10.8. The first-order chi connectivity index (χ1) is 9.34. The van der Waals surface area contributed by atoms with Crippen LogP contribution in [0.25, 0.3) is 0 Å². The van der Waals surface area contributed by atoms with Crippen LogP contribution in [-0.4, -0.2) is 24.0 Å². The van der Waals surface area contributed by atoms with Crippen LogP contribution in [0.3, 0.4) is 0 Å². The van der Waals surface area contributed by atoms with Gasteiger partial charge in [0.05, 0.1) is 18.8 Å². The second-order valence-corrected chi connectivity index (χ2v) is 3.50. The summed E-state index contributed by atoms with van der Waals surface area (Å²) in [5.41, 5.74) is -1.01. The molecule has 1 N–H and O–H groups in total. The number of rotatable bonds is 4. The van der Waals surface area contributed by atoms with E-state index in [4.69, 9.17) is 5.26 Å². The van der Waals surface area contributed by atoms with Gasteiger partial charge in [-0.05, 0) is 19.1 Å². The zero-order valence-electron chi connectivity index (χ0n) is 10.3. The number of alkyl halides is 3. The lowest BCUT2D eigenvalue weighted by molar-refractivity contribution is -0.274. The molecule has 0 aliphatic rings. The molecule has 0 fully saturated rings. The van der Waals surface area contributed by atoms with Crippen molar-refractivity contribution >= 4 is 5.97 Å². The molecule has 0 atom stereocenters. The summed E-state index contributed by atoms with van der Waals surface area (Å²) < 4.78 is 44.9. The van der Waals surface area contributed by atoms with E-state index in [0.29, 0.717) is 0 Å². The Hall–Kier alpha value is -2.27. The first-order valence-corrected chi connectivity index (χ1v) is 5.43. The number of aliphatic hydroxyl groups is 1. The molecule has 5 nitrogen and oxygen atoms in total. The van der Waals surface area contributed by atoms with E-state index in [2.05, 4.69) is 9.47 Å². The molecule has 0 amide bonds. The largest absolute Gasteiger partial charge is 0.573 e. The molecule has 0 aliphatic heterocycles. The van der Waals surface area contributed by atoms with Crippen LogP contribution in [0.1, 0.15) is 28.4 Å². The minimum atomic E-state index is -4.98. The SMILES string of the molecule is CCOC(=O)c1ccc(OC(F)(F)F)c(C#N)c1CO. The average Bonchev–Trinajstić information content (AvgIpc) is 2.36. The lowest BCUT2D eigenvalue weighted by atomic mass is 10.0. The highest BCUT2D eigenvalue weighted by Gasteiger charge is 2.33. The molecule has 0 spiro atoms. The monoisotopic (exact) mass is 289 g/mol. The minimum Gasteiger partial charge on any atom is -0.462 e. The molecule has 0 saturated heterocycles. The number of carbonyl (C=O) groups is 1. The van der Waals surface area contributed by atoms with E-state index in [1.807, 2.05) is 0 Å². The smallest absolute Gasteiger partial charge is 0.462 e. The number of halogens is 3. The van der Waals surface area contributed by atoms with Crippen LogP contribution in [0.4, 0.5) is 13.2 Å². The van der Waals surface area contributed by atoms with Crippen molar-refractivity contribution in [1.82, 2.24) is 0 Å². The Labute approximate surface area is 112 Å². The van der Waals surface area contributed by atoms with E-state index in [0.717, 1.165) is 12.1 Å². The van der Waals surface area contributed by atoms with Gasteiger partial charge in [-0.1, -0.05) is 0 Å². The number of nitriles is 1. The van der Waals surface area contributed by atoms with E-state index in [9.17, 15) is 23.1 Å². The Kier molecular flexibility index (Phi) is 4.94. The molecule has 108 valence electrons. The van der Waals surface area contributed by atoms with Gasteiger partial charge in [0, 0.05) is 5.56 Å². The second kappa shape index (κ2) is 6.25. The number of benzene rings is 1. The summed E-state index contributed by atoms with van der Waals surface area (Å²) in [5, 5.41) is 18.1. The summed E-state index contributed by atoms with van der Waals surface area (Å²) in [4.78, 5) is 11.6. The predicted octanol–water partition coefficient (Wildman–Crippen LogP) is 2.13. The van der Waals surface area contributed by atoms with Crippen molar-refractivity contribution in [3.05, 3.63) is 28.8 Å². The molecular formula is C12H10F3NO4. The summed E-state index contributed by atoms with van der Waals surface area (Å²) in [6.07, 6.45) is -4.98. The average molecular weight is 289 g/mol. The Bertz CT molecular complexity index is 549. The van der Waals surface area contributed by atoms with Gasteiger partial charge in [0.25, 0.3) is 0 Å². The Morgan fingerprint density at radius 3 is 2.55 bits per heavy atom. The van der Waals surface area contributed by atoms with Crippen molar-refractivity contribution < 1.29 is 32.5 Å². The Morgan fingerprint density at radius 2 is 2.10 bits per heavy atom. The Morgan fingerprint density at radius 1 is 1.45 bits per heavy atom. The highest BCUT2D eigenvalue weighted by molar-refractivity contribution is 5.92. The van der Waals surface area contributed by atoms with Gasteiger partial charge >= 0.3 is 12.3 Å². The highest BCUT2D eigenvalue weighted by Crippen LogP contribution is 2.30. The molecule has 0 heterocycles. The molecule has 0 radical (unpaired) electrons. The molecule has 0 unspecified atom stereocenters. The molecular weight excluding hydrogens is 279 g/mol. The number of ether oxygens (including phenoxy) is 2. The highest BCUT2D eigenvalue weighted by atomic mass is 19.4. The molecule has 8 heteroatoms. The lowest BCUT2D eigenvalue weighted by Gasteiger charge is -2.14. The standard InChI is InChI=1S/C12H10F3NO4/c1-2-19-11(18)7-3-4-10(20-12(13,14)15)8(5-16)9(7)6-17/h3-4,17H,2,6H2,1H3. The van der Waals surface area contributed by atoms with Crippen LogP contribution in [0.15, 0.2) is 12.1 Å². The predicted molar refractivity (Wildman–Crippen MR) is 59.7 cm³/mol. The number of carbonyl (C=O) groups excluding carboxylic acids is 1. The quantitative estimate of drug-likeness (QED) is 0.859. The summed E-state index contributed by atoms with van der Waals surface area (Å²) in [7, 11) is 0. The third-order valence-electron chi connectivity index (χ3n) is 2.27. The van der Waals surface area contributed by atoms with Gasteiger partial charge in [0.15, 0.2) is 0 Å². The van der Waals surface area contributed by atoms with Crippen LogP contribution in [0.2, 0.25) is 0 Å². The van der Waals surface area contributed by atoms with Crippen molar-refractivity contribution in [2.75, 3.05) is 6.61 Å². The maximum absolute atomic E-state index is 12.2. The van der Waals surface area contributed by atoms with Gasteiger partial charge in [-0.25, -0.2) is 4.79 Å². The lowest BCUT2D eigenvalue weighted by Crippen LogP contribution is -2.19. The zero-order valence-corrected chi connectivity index (χ0v) is 10.3. The van der Waals surface area contributed by atoms with Crippen molar-refractivity contribution in [1.29, 1.82) is 5.26 Å². The number of esters is 1. The summed E-state index contributed by atoms with van der Waals surface area (Å²) in [5.74, 6) is -1.62. The van der Waals surface area contributed by atoms with Crippen LogP contribution < -0.4 is 4.74 Å². The topological polar surface area (TPSA) is 79.5 Å². The van der Waals surface area contributed by atoms with Crippen molar-refractivity contribution in [3.8, 4) is 11.8 Å². The maximum atomic E-state index is 12.2. The number of hydrogen-bond donors (Lipinski definition) is 1. The maximum Gasteiger partial charge on any atom is 0.573 e.